The van der Waals surface area contributed by atoms with Gasteiger partial charge in [0.05, 0.1) is 11.1 Å². The van der Waals surface area contributed by atoms with Gasteiger partial charge < -0.3 is 10.2 Å². The van der Waals surface area contributed by atoms with Crippen molar-refractivity contribution in [2.75, 3.05) is 13.1 Å². The molecule has 4 amide bonds. The second-order valence-corrected chi connectivity index (χ2v) is 9.41. The first-order chi connectivity index (χ1) is 15.5. The van der Waals surface area contributed by atoms with Gasteiger partial charge in [0, 0.05) is 25.6 Å². The van der Waals surface area contributed by atoms with E-state index in [4.69, 9.17) is 0 Å². The Morgan fingerprint density at radius 1 is 0.969 bits per heavy atom. The number of carbonyl (C=O) groups is 4. The van der Waals surface area contributed by atoms with Crippen molar-refractivity contribution in [1.29, 1.82) is 0 Å². The second kappa shape index (κ2) is 9.84. The van der Waals surface area contributed by atoms with Crippen LogP contribution in [0.25, 0.3) is 0 Å². The molecular weight excluding hydrogens is 406 g/mol. The summed E-state index contributed by atoms with van der Waals surface area (Å²) >= 11 is 0. The number of likely N-dealkylation sites (tertiary alicyclic amines) is 1. The standard InChI is InChI=1S/C25H33N3O4/c1-17(28-24(31)20-9-5-6-10-21(20)25(28)32)23(30)27-15-13-19(14-16-27)26-22(29)12-11-18-7-3-2-4-8-18/h5-6,9-10,17-19H,2-4,7-8,11-16H2,1H3,(H,26,29). The maximum Gasteiger partial charge on any atom is 0.262 e. The van der Waals surface area contributed by atoms with Crippen LogP contribution in [0.5, 0.6) is 0 Å². The first-order valence-electron chi connectivity index (χ1n) is 12.0. The van der Waals surface area contributed by atoms with E-state index in [1.807, 2.05) is 0 Å². The monoisotopic (exact) mass is 439 g/mol. The normalized spacial score (nSPS) is 20.9. The van der Waals surface area contributed by atoms with Gasteiger partial charge in [-0.15, -0.1) is 0 Å². The van der Waals surface area contributed by atoms with E-state index in [1.54, 1.807) is 36.1 Å². The Bertz CT molecular complexity index is 850. The molecule has 0 radical (unpaired) electrons. The van der Waals surface area contributed by atoms with E-state index in [1.165, 1.54) is 32.1 Å². The zero-order valence-corrected chi connectivity index (χ0v) is 18.8. The summed E-state index contributed by atoms with van der Waals surface area (Å²) in [6.45, 7) is 2.64. The van der Waals surface area contributed by atoms with Crippen LogP contribution in [0.15, 0.2) is 24.3 Å². The van der Waals surface area contributed by atoms with Gasteiger partial charge in [0.1, 0.15) is 6.04 Å². The minimum atomic E-state index is -0.843. The Kier molecular flexibility index (Phi) is 6.92. The van der Waals surface area contributed by atoms with Crippen LogP contribution in [0, 0.1) is 5.92 Å². The zero-order chi connectivity index (χ0) is 22.7. The fourth-order valence-electron chi connectivity index (χ4n) is 5.29. The lowest BCUT2D eigenvalue weighted by Gasteiger charge is -2.35. The van der Waals surface area contributed by atoms with Gasteiger partial charge in [-0.25, -0.2) is 0 Å². The zero-order valence-electron chi connectivity index (χ0n) is 18.8. The quantitative estimate of drug-likeness (QED) is 0.690. The predicted octanol–water partition coefficient (Wildman–Crippen LogP) is 3.14. The Balaban J connectivity index is 1.24. The third kappa shape index (κ3) is 4.71. The Labute approximate surface area is 189 Å². The average molecular weight is 440 g/mol. The number of carbonyl (C=O) groups excluding carboxylic acids is 4. The third-order valence-electron chi connectivity index (χ3n) is 7.25. The van der Waals surface area contributed by atoms with Crippen LogP contribution in [0.1, 0.15) is 85.4 Å². The summed E-state index contributed by atoms with van der Waals surface area (Å²) < 4.78 is 0. The van der Waals surface area contributed by atoms with Crippen LogP contribution in [0.2, 0.25) is 0 Å². The van der Waals surface area contributed by atoms with Crippen molar-refractivity contribution in [2.24, 2.45) is 5.92 Å². The minimum Gasteiger partial charge on any atom is -0.353 e. The van der Waals surface area contributed by atoms with Crippen LogP contribution < -0.4 is 5.32 Å². The molecule has 1 saturated heterocycles. The lowest BCUT2D eigenvalue weighted by atomic mass is 9.86. The Morgan fingerprint density at radius 3 is 2.16 bits per heavy atom. The highest BCUT2D eigenvalue weighted by atomic mass is 16.2. The molecule has 1 N–H and O–H groups in total. The van der Waals surface area contributed by atoms with Gasteiger partial charge in [-0.1, -0.05) is 44.2 Å². The van der Waals surface area contributed by atoms with Gasteiger partial charge in [-0.3, -0.25) is 24.1 Å². The SMILES string of the molecule is CC(C(=O)N1CCC(NC(=O)CCC2CCCCC2)CC1)N1C(=O)c2ccccc2C1=O. The molecule has 0 bridgehead atoms. The van der Waals surface area contributed by atoms with Crippen molar-refractivity contribution in [2.45, 2.75) is 76.8 Å². The topological polar surface area (TPSA) is 86.8 Å². The van der Waals surface area contributed by atoms with Gasteiger partial charge in [-0.05, 0) is 44.2 Å². The van der Waals surface area contributed by atoms with E-state index in [-0.39, 0.29) is 17.9 Å². The largest absolute Gasteiger partial charge is 0.353 e. The molecule has 7 nitrogen and oxygen atoms in total. The average Bonchev–Trinajstić information content (AvgIpc) is 3.08. The molecule has 2 heterocycles. The third-order valence-corrected chi connectivity index (χ3v) is 7.25. The summed E-state index contributed by atoms with van der Waals surface area (Å²) in [5.74, 6) is -0.239. The highest BCUT2D eigenvalue weighted by Gasteiger charge is 2.42. The number of fused-ring (bicyclic) bond motifs is 1. The van der Waals surface area contributed by atoms with Gasteiger partial charge >= 0.3 is 0 Å². The van der Waals surface area contributed by atoms with E-state index >= 15 is 0 Å². The number of hydrogen-bond acceptors (Lipinski definition) is 4. The molecule has 7 heteroatoms. The molecule has 2 aliphatic heterocycles. The number of amides is 4. The molecular formula is C25H33N3O4. The fourth-order valence-corrected chi connectivity index (χ4v) is 5.29. The molecule has 1 unspecified atom stereocenters. The van der Waals surface area contributed by atoms with Crippen molar-refractivity contribution in [3.63, 3.8) is 0 Å². The number of piperidine rings is 1. The van der Waals surface area contributed by atoms with Crippen LogP contribution in [0.3, 0.4) is 0 Å². The summed E-state index contributed by atoms with van der Waals surface area (Å²) in [7, 11) is 0. The van der Waals surface area contributed by atoms with Crippen molar-refractivity contribution < 1.29 is 19.2 Å². The molecule has 1 aromatic carbocycles. The number of nitrogens with zero attached hydrogens (tertiary/aromatic N) is 2. The van der Waals surface area contributed by atoms with Gasteiger partial charge in [0.2, 0.25) is 11.8 Å². The number of benzene rings is 1. The van der Waals surface area contributed by atoms with E-state index in [2.05, 4.69) is 5.32 Å². The molecule has 4 rings (SSSR count). The van der Waals surface area contributed by atoms with Crippen molar-refractivity contribution in [1.82, 2.24) is 15.1 Å². The molecule has 32 heavy (non-hydrogen) atoms. The first kappa shape index (κ1) is 22.5. The predicted molar refractivity (Wildman–Crippen MR) is 120 cm³/mol. The lowest BCUT2D eigenvalue weighted by Crippen LogP contribution is -2.53. The Hall–Kier alpha value is -2.70. The van der Waals surface area contributed by atoms with Crippen LogP contribution in [-0.2, 0) is 9.59 Å². The van der Waals surface area contributed by atoms with E-state index in [0.717, 1.165) is 11.3 Å². The molecule has 1 atom stereocenters. The van der Waals surface area contributed by atoms with Gasteiger partial charge in [-0.2, -0.15) is 0 Å². The van der Waals surface area contributed by atoms with E-state index in [9.17, 15) is 19.2 Å². The van der Waals surface area contributed by atoms with Crippen molar-refractivity contribution >= 4 is 23.6 Å². The van der Waals surface area contributed by atoms with E-state index < -0.39 is 17.9 Å². The number of nitrogens with one attached hydrogen (secondary N) is 1. The van der Waals surface area contributed by atoms with Crippen molar-refractivity contribution in [3.8, 4) is 0 Å². The fraction of sp³-hybridized carbons (Fsp3) is 0.600. The van der Waals surface area contributed by atoms with E-state index in [0.29, 0.717) is 49.4 Å². The highest BCUT2D eigenvalue weighted by Crippen LogP contribution is 2.28. The van der Waals surface area contributed by atoms with Gasteiger partial charge in [0.15, 0.2) is 0 Å². The summed E-state index contributed by atoms with van der Waals surface area (Å²) in [6, 6.07) is 5.91. The molecule has 1 aromatic rings. The van der Waals surface area contributed by atoms with Crippen LogP contribution >= 0.6 is 0 Å². The number of hydrogen-bond donors (Lipinski definition) is 1. The minimum absolute atomic E-state index is 0.0764. The molecule has 0 aromatic heterocycles. The number of rotatable bonds is 6. The Morgan fingerprint density at radius 2 is 1.56 bits per heavy atom. The molecule has 1 aliphatic carbocycles. The van der Waals surface area contributed by atoms with Crippen molar-refractivity contribution in [3.05, 3.63) is 35.4 Å². The van der Waals surface area contributed by atoms with Crippen LogP contribution in [-0.4, -0.2) is 58.6 Å². The summed E-state index contributed by atoms with van der Waals surface area (Å²) in [4.78, 5) is 53.5. The van der Waals surface area contributed by atoms with Crippen LogP contribution in [0.4, 0.5) is 0 Å². The van der Waals surface area contributed by atoms with Gasteiger partial charge in [0.25, 0.3) is 11.8 Å². The molecule has 0 spiro atoms. The maximum absolute atomic E-state index is 13.0. The number of imide groups is 1. The highest BCUT2D eigenvalue weighted by molar-refractivity contribution is 6.22. The lowest BCUT2D eigenvalue weighted by molar-refractivity contribution is -0.136. The summed E-state index contributed by atoms with van der Waals surface area (Å²) in [6.07, 6.45) is 9.34. The smallest absolute Gasteiger partial charge is 0.262 e. The second-order valence-electron chi connectivity index (χ2n) is 9.41. The molecule has 172 valence electrons. The summed E-state index contributed by atoms with van der Waals surface area (Å²) in [5.41, 5.74) is 0.707. The molecule has 2 fully saturated rings. The molecule has 1 saturated carbocycles. The summed E-state index contributed by atoms with van der Waals surface area (Å²) in [5, 5.41) is 3.13. The first-order valence-corrected chi connectivity index (χ1v) is 12.0. The maximum atomic E-state index is 13.0. The molecule has 3 aliphatic rings.